The van der Waals surface area contributed by atoms with Crippen LogP contribution in [0.3, 0.4) is 0 Å². The van der Waals surface area contributed by atoms with Gasteiger partial charge in [-0.3, -0.25) is 0 Å². The van der Waals surface area contributed by atoms with Gasteiger partial charge in [-0.15, -0.1) is 0 Å². The zero-order valence-corrected chi connectivity index (χ0v) is 13.5. The SMILES string of the molecule is CO/C=C(\C(=O)OC)c1ccccc1COC(=O)c1ccccc1. The normalized spacial score (nSPS) is 10.8. The molecule has 24 heavy (non-hydrogen) atoms. The van der Waals surface area contributed by atoms with Gasteiger partial charge < -0.3 is 14.2 Å². The Hall–Kier alpha value is -3.08. The average Bonchev–Trinajstić information content (AvgIpc) is 2.64. The first-order valence-corrected chi connectivity index (χ1v) is 7.29. The maximum atomic E-state index is 12.1. The number of hydrogen-bond donors (Lipinski definition) is 0. The van der Waals surface area contributed by atoms with E-state index in [2.05, 4.69) is 0 Å². The Labute approximate surface area is 140 Å². The van der Waals surface area contributed by atoms with Crippen LogP contribution in [0.1, 0.15) is 21.5 Å². The van der Waals surface area contributed by atoms with Gasteiger partial charge in [0.05, 0.1) is 26.0 Å². The highest BCUT2D eigenvalue weighted by Crippen LogP contribution is 2.22. The molecule has 2 aromatic carbocycles. The van der Waals surface area contributed by atoms with Crippen molar-refractivity contribution in [3.8, 4) is 0 Å². The second kappa shape index (κ2) is 8.53. The molecule has 0 spiro atoms. The van der Waals surface area contributed by atoms with Crippen molar-refractivity contribution in [2.24, 2.45) is 0 Å². The summed E-state index contributed by atoms with van der Waals surface area (Å²) >= 11 is 0. The van der Waals surface area contributed by atoms with Crippen molar-refractivity contribution in [1.29, 1.82) is 0 Å². The topological polar surface area (TPSA) is 61.8 Å². The van der Waals surface area contributed by atoms with Crippen LogP contribution < -0.4 is 0 Å². The van der Waals surface area contributed by atoms with Gasteiger partial charge in [0.1, 0.15) is 12.2 Å². The van der Waals surface area contributed by atoms with Crippen molar-refractivity contribution >= 4 is 17.5 Å². The van der Waals surface area contributed by atoms with Gasteiger partial charge in [-0.2, -0.15) is 0 Å². The Bertz CT molecular complexity index is 734. The van der Waals surface area contributed by atoms with Crippen LogP contribution in [0.5, 0.6) is 0 Å². The molecule has 0 aliphatic heterocycles. The van der Waals surface area contributed by atoms with E-state index < -0.39 is 11.9 Å². The van der Waals surface area contributed by atoms with Crippen molar-refractivity contribution in [1.82, 2.24) is 0 Å². The molecule has 5 heteroatoms. The molecule has 0 saturated heterocycles. The molecule has 2 aromatic rings. The van der Waals surface area contributed by atoms with Crippen molar-refractivity contribution in [2.45, 2.75) is 6.61 Å². The monoisotopic (exact) mass is 326 g/mol. The molecule has 0 aromatic heterocycles. The zero-order chi connectivity index (χ0) is 17.4. The van der Waals surface area contributed by atoms with Gasteiger partial charge in [0, 0.05) is 0 Å². The van der Waals surface area contributed by atoms with E-state index in [9.17, 15) is 9.59 Å². The van der Waals surface area contributed by atoms with E-state index >= 15 is 0 Å². The van der Waals surface area contributed by atoms with Crippen molar-refractivity contribution in [3.63, 3.8) is 0 Å². The Morgan fingerprint density at radius 2 is 1.62 bits per heavy atom. The molecular formula is C19H18O5. The molecule has 0 heterocycles. The number of rotatable bonds is 6. The van der Waals surface area contributed by atoms with Crippen LogP contribution in [0.4, 0.5) is 0 Å². The lowest BCUT2D eigenvalue weighted by Gasteiger charge is -2.12. The lowest BCUT2D eigenvalue weighted by Crippen LogP contribution is -2.09. The minimum absolute atomic E-state index is 0.0297. The average molecular weight is 326 g/mol. The fraction of sp³-hybridized carbons (Fsp3) is 0.158. The first-order chi connectivity index (χ1) is 11.7. The quantitative estimate of drug-likeness (QED) is 0.463. The molecule has 0 bridgehead atoms. The predicted octanol–water partition coefficient (Wildman–Crippen LogP) is 3.20. The van der Waals surface area contributed by atoms with E-state index in [1.165, 1.54) is 20.5 Å². The highest BCUT2D eigenvalue weighted by molar-refractivity contribution is 6.16. The van der Waals surface area contributed by atoms with E-state index in [0.29, 0.717) is 16.7 Å². The third kappa shape index (κ3) is 4.23. The second-order valence-electron chi connectivity index (χ2n) is 4.86. The van der Waals surface area contributed by atoms with Gasteiger partial charge in [-0.25, -0.2) is 9.59 Å². The van der Waals surface area contributed by atoms with Crippen LogP contribution >= 0.6 is 0 Å². The second-order valence-corrected chi connectivity index (χ2v) is 4.86. The molecule has 0 amide bonds. The molecule has 0 saturated carbocycles. The van der Waals surface area contributed by atoms with Crippen LogP contribution in [0.15, 0.2) is 60.9 Å². The summed E-state index contributed by atoms with van der Waals surface area (Å²) in [5.41, 5.74) is 1.99. The zero-order valence-electron chi connectivity index (χ0n) is 13.5. The van der Waals surface area contributed by atoms with E-state index in [1.54, 1.807) is 48.5 Å². The highest BCUT2D eigenvalue weighted by atomic mass is 16.5. The van der Waals surface area contributed by atoms with Crippen molar-refractivity contribution in [2.75, 3.05) is 14.2 Å². The molecule has 0 radical (unpaired) electrons. The van der Waals surface area contributed by atoms with Crippen LogP contribution in [-0.2, 0) is 25.6 Å². The Morgan fingerprint density at radius 3 is 2.29 bits per heavy atom. The molecule has 0 aliphatic carbocycles. The molecule has 124 valence electrons. The third-order valence-electron chi connectivity index (χ3n) is 3.32. The molecule has 0 N–H and O–H groups in total. The maximum absolute atomic E-state index is 12.1. The standard InChI is InChI=1S/C19H18O5/c1-22-13-17(19(21)23-2)16-11-7-6-10-15(16)12-24-18(20)14-8-4-3-5-9-14/h3-11,13H,12H2,1-2H3/b17-13-. The number of carbonyl (C=O) groups excluding carboxylic acids is 2. The summed E-state index contributed by atoms with van der Waals surface area (Å²) in [4.78, 5) is 24.0. The number of hydrogen-bond acceptors (Lipinski definition) is 5. The van der Waals surface area contributed by atoms with E-state index in [-0.39, 0.29) is 12.2 Å². The van der Waals surface area contributed by atoms with Crippen LogP contribution in [-0.4, -0.2) is 26.2 Å². The predicted molar refractivity (Wildman–Crippen MR) is 89.0 cm³/mol. The van der Waals surface area contributed by atoms with Crippen LogP contribution in [0, 0.1) is 0 Å². The van der Waals surface area contributed by atoms with E-state index in [1.807, 2.05) is 6.07 Å². The molecule has 5 nitrogen and oxygen atoms in total. The molecule has 0 atom stereocenters. The minimum atomic E-state index is -0.529. The van der Waals surface area contributed by atoms with Crippen LogP contribution in [0.25, 0.3) is 5.57 Å². The van der Waals surface area contributed by atoms with E-state index in [4.69, 9.17) is 14.2 Å². The van der Waals surface area contributed by atoms with Crippen molar-refractivity contribution < 1.29 is 23.8 Å². The number of esters is 2. The third-order valence-corrected chi connectivity index (χ3v) is 3.32. The number of benzene rings is 2. The summed E-state index contributed by atoms with van der Waals surface area (Å²) in [5.74, 6) is -0.959. The minimum Gasteiger partial charge on any atom is -0.503 e. The summed E-state index contributed by atoms with van der Waals surface area (Å²) < 4.78 is 15.1. The number of methoxy groups -OCH3 is 2. The first kappa shape index (κ1) is 17.3. The lowest BCUT2D eigenvalue weighted by molar-refractivity contribution is -0.133. The van der Waals surface area contributed by atoms with Gasteiger partial charge in [0.25, 0.3) is 0 Å². The fourth-order valence-electron chi connectivity index (χ4n) is 2.16. The van der Waals surface area contributed by atoms with Crippen molar-refractivity contribution in [3.05, 3.63) is 77.5 Å². The summed E-state index contributed by atoms with van der Waals surface area (Å²) in [6, 6.07) is 15.8. The van der Waals surface area contributed by atoms with Gasteiger partial charge in [-0.1, -0.05) is 42.5 Å². The Morgan fingerprint density at radius 1 is 0.958 bits per heavy atom. The van der Waals surface area contributed by atoms with Crippen LogP contribution in [0.2, 0.25) is 0 Å². The summed E-state index contributed by atoms with van der Waals surface area (Å²) in [6.07, 6.45) is 1.31. The van der Waals surface area contributed by atoms with Gasteiger partial charge >= 0.3 is 11.9 Å². The Balaban J connectivity index is 2.21. The summed E-state index contributed by atoms with van der Waals surface area (Å²) in [7, 11) is 2.74. The summed E-state index contributed by atoms with van der Waals surface area (Å²) in [5, 5.41) is 0. The molecule has 0 aliphatic rings. The van der Waals surface area contributed by atoms with Gasteiger partial charge in [-0.05, 0) is 23.3 Å². The molecular weight excluding hydrogens is 308 g/mol. The van der Waals surface area contributed by atoms with Gasteiger partial charge in [0.15, 0.2) is 0 Å². The summed E-state index contributed by atoms with van der Waals surface area (Å²) in [6.45, 7) is 0.0297. The fourth-order valence-corrected chi connectivity index (χ4v) is 2.16. The Kier molecular flexibility index (Phi) is 6.14. The van der Waals surface area contributed by atoms with E-state index in [0.717, 1.165) is 0 Å². The first-order valence-electron chi connectivity index (χ1n) is 7.29. The van der Waals surface area contributed by atoms with Gasteiger partial charge in [0.2, 0.25) is 0 Å². The number of ether oxygens (including phenoxy) is 3. The lowest BCUT2D eigenvalue weighted by atomic mass is 10.0. The smallest absolute Gasteiger partial charge is 0.341 e. The molecule has 0 fully saturated rings. The molecule has 2 rings (SSSR count). The highest BCUT2D eigenvalue weighted by Gasteiger charge is 2.17. The molecule has 0 unspecified atom stereocenters. The largest absolute Gasteiger partial charge is 0.503 e. The number of carbonyl (C=O) groups is 2. The maximum Gasteiger partial charge on any atom is 0.341 e.